The van der Waals surface area contributed by atoms with Gasteiger partial charge in [-0.15, -0.1) is 10.0 Å². The van der Waals surface area contributed by atoms with Crippen LogP contribution in [0, 0.1) is 0 Å². The van der Waals surface area contributed by atoms with Crippen molar-refractivity contribution in [1.29, 1.82) is 0 Å². The van der Waals surface area contributed by atoms with Crippen LogP contribution in [-0.4, -0.2) is 24.6 Å². The number of hydrogen-bond donors (Lipinski definition) is 0. The first-order chi connectivity index (χ1) is 16.3. The number of fused-ring (bicyclic) bond motifs is 2. The SMILES string of the molecule is O=C1C=CC2=Nc3ccc(N4CCCCC4)cc3S(c3ccccc3)(c3ccccc3)C2=C1. The van der Waals surface area contributed by atoms with Gasteiger partial charge in [0.25, 0.3) is 0 Å². The lowest BCUT2D eigenvalue weighted by Crippen LogP contribution is -2.29. The topological polar surface area (TPSA) is 32.7 Å². The van der Waals surface area contributed by atoms with Crippen LogP contribution in [0.4, 0.5) is 11.4 Å². The van der Waals surface area contributed by atoms with Gasteiger partial charge in [-0.3, -0.25) is 4.79 Å². The lowest BCUT2D eigenvalue weighted by molar-refractivity contribution is -0.110. The number of carbonyl (C=O) groups excluding carboxylic acids is 1. The second kappa shape index (κ2) is 8.20. The minimum absolute atomic E-state index is 0.0309. The van der Waals surface area contributed by atoms with Crippen LogP contribution in [0.5, 0.6) is 0 Å². The standard InChI is InChI=1S/C29H26N2OS/c32-23-15-17-27-29(21-23)33(24-10-4-1-5-11-24,25-12-6-2-7-13-25)28-20-22(14-16-26(28)30-27)31-18-8-3-9-19-31/h1-2,4-7,10-17,20-21H,3,8-9,18-19H2. The molecule has 164 valence electrons. The zero-order valence-corrected chi connectivity index (χ0v) is 19.3. The Morgan fingerprint density at radius 2 is 1.42 bits per heavy atom. The first kappa shape index (κ1) is 20.3. The van der Waals surface area contributed by atoms with Gasteiger partial charge in [-0.2, -0.15) is 0 Å². The van der Waals surface area contributed by atoms with Crippen molar-refractivity contribution >= 4 is 32.9 Å². The molecule has 3 aromatic rings. The van der Waals surface area contributed by atoms with Crippen molar-refractivity contribution in [2.45, 2.75) is 33.9 Å². The lowest BCUT2D eigenvalue weighted by atomic mass is 10.1. The van der Waals surface area contributed by atoms with Gasteiger partial charge in [0.2, 0.25) is 0 Å². The number of carbonyl (C=O) groups is 1. The van der Waals surface area contributed by atoms with Gasteiger partial charge in [0.05, 0.1) is 11.4 Å². The second-order valence-electron chi connectivity index (χ2n) is 8.68. The van der Waals surface area contributed by atoms with Gasteiger partial charge in [-0.1, -0.05) is 36.4 Å². The number of anilines is 1. The van der Waals surface area contributed by atoms with Gasteiger partial charge in [0.1, 0.15) is 0 Å². The van der Waals surface area contributed by atoms with Crippen LogP contribution in [0.15, 0.2) is 122 Å². The monoisotopic (exact) mass is 450 g/mol. The summed E-state index contributed by atoms with van der Waals surface area (Å²) in [6.07, 6.45) is 9.13. The molecule has 0 spiro atoms. The van der Waals surface area contributed by atoms with E-state index in [1.807, 2.05) is 12.2 Å². The maximum atomic E-state index is 12.7. The molecule has 1 fully saturated rings. The molecule has 3 nitrogen and oxygen atoms in total. The fourth-order valence-corrected chi connectivity index (χ4v) is 9.26. The Morgan fingerprint density at radius 3 is 2.09 bits per heavy atom. The zero-order chi connectivity index (χ0) is 22.3. The molecule has 0 atom stereocenters. The van der Waals surface area contributed by atoms with Crippen molar-refractivity contribution in [3.8, 4) is 0 Å². The lowest BCUT2D eigenvalue weighted by Gasteiger charge is -2.47. The highest BCUT2D eigenvalue weighted by atomic mass is 32.3. The van der Waals surface area contributed by atoms with E-state index in [-0.39, 0.29) is 5.78 Å². The van der Waals surface area contributed by atoms with Crippen molar-refractivity contribution in [3.63, 3.8) is 0 Å². The Morgan fingerprint density at radius 1 is 0.758 bits per heavy atom. The number of rotatable bonds is 3. The fraction of sp³-hybridized carbons (Fsp3) is 0.172. The smallest absolute Gasteiger partial charge is 0.179 e. The van der Waals surface area contributed by atoms with Crippen LogP contribution >= 0.6 is 10.0 Å². The molecule has 0 bridgehead atoms. The van der Waals surface area contributed by atoms with Crippen LogP contribution in [-0.2, 0) is 4.79 Å². The van der Waals surface area contributed by atoms with E-state index in [2.05, 4.69) is 83.8 Å². The molecule has 0 unspecified atom stereocenters. The number of nitrogens with zero attached hydrogens (tertiary/aromatic N) is 2. The third-order valence-electron chi connectivity index (χ3n) is 6.69. The van der Waals surface area contributed by atoms with Crippen LogP contribution in [0.25, 0.3) is 0 Å². The highest BCUT2D eigenvalue weighted by Crippen LogP contribution is 2.77. The van der Waals surface area contributed by atoms with E-state index in [9.17, 15) is 4.79 Å². The fourth-order valence-electron chi connectivity index (χ4n) is 5.16. The number of benzene rings is 3. The minimum Gasteiger partial charge on any atom is -0.372 e. The largest absolute Gasteiger partial charge is 0.372 e. The van der Waals surface area contributed by atoms with Crippen molar-refractivity contribution in [2.24, 2.45) is 4.99 Å². The van der Waals surface area contributed by atoms with E-state index in [1.165, 1.54) is 39.6 Å². The quantitative estimate of drug-likeness (QED) is 0.400. The summed E-state index contributed by atoms with van der Waals surface area (Å²) in [7, 11) is -1.88. The summed E-state index contributed by atoms with van der Waals surface area (Å²) in [6.45, 7) is 2.19. The predicted octanol–water partition coefficient (Wildman–Crippen LogP) is 7.07. The molecule has 33 heavy (non-hydrogen) atoms. The third kappa shape index (κ3) is 3.28. The Hall–Kier alpha value is -3.37. The highest BCUT2D eigenvalue weighted by Gasteiger charge is 2.42. The molecule has 4 heteroatoms. The maximum absolute atomic E-state index is 12.7. The number of aliphatic imine (C=N–C) groups is 1. The molecule has 3 aliphatic rings. The Balaban J connectivity index is 1.69. The summed E-state index contributed by atoms with van der Waals surface area (Å²) < 4.78 is 0. The Labute approximate surface area is 196 Å². The van der Waals surface area contributed by atoms with Crippen molar-refractivity contribution in [3.05, 3.63) is 102 Å². The van der Waals surface area contributed by atoms with Gasteiger partial charge >= 0.3 is 0 Å². The highest BCUT2D eigenvalue weighted by molar-refractivity contribution is 8.37. The van der Waals surface area contributed by atoms with Crippen molar-refractivity contribution in [2.75, 3.05) is 18.0 Å². The average Bonchev–Trinajstić information content (AvgIpc) is 2.89. The number of ketones is 1. The van der Waals surface area contributed by atoms with Gasteiger partial charge in [-0.05, 0) is 73.9 Å². The summed E-state index contributed by atoms with van der Waals surface area (Å²) in [5.41, 5.74) is 3.16. The molecular weight excluding hydrogens is 424 g/mol. The third-order valence-corrected chi connectivity index (χ3v) is 10.6. The molecule has 6 rings (SSSR count). The summed E-state index contributed by atoms with van der Waals surface area (Å²) in [4.78, 5) is 25.0. The van der Waals surface area contributed by atoms with Crippen LogP contribution < -0.4 is 4.90 Å². The molecule has 2 heterocycles. The van der Waals surface area contributed by atoms with E-state index in [0.717, 1.165) is 29.4 Å². The van der Waals surface area contributed by atoms with E-state index in [1.54, 1.807) is 6.08 Å². The second-order valence-corrected chi connectivity index (χ2v) is 11.7. The molecule has 0 radical (unpaired) electrons. The van der Waals surface area contributed by atoms with Gasteiger partial charge < -0.3 is 4.90 Å². The first-order valence-corrected chi connectivity index (χ1v) is 13.3. The maximum Gasteiger partial charge on any atom is 0.179 e. The predicted molar refractivity (Wildman–Crippen MR) is 137 cm³/mol. The number of piperidine rings is 1. The van der Waals surface area contributed by atoms with Crippen LogP contribution in [0.2, 0.25) is 0 Å². The number of allylic oxidation sites excluding steroid dienone is 4. The van der Waals surface area contributed by atoms with Gasteiger partial charge in [0, 0.05) is 44.4 Å². The number of hydrogen-bond acceptors (Lipinski definition) is 3. The molecule has 2 aliphatic heterocycles. The molecule has 0 aromatic heterocycles. The molecule has 1 aliphatic carbocycles. The summed E-state index contributed by atoms with van der Waals surface area (Å²) >= 11 is 0. The van der Waals surface area contributed by atoms with Crippen molar-refractivity contribution in [1.82, 2.24) is 0 Å². The van der Waals surface area contributed by atoms with Gasteiger partial charge in [-0.25, -0.2) is 4.99 Å². The van der Waals surface area contributed by atoms with E-state index in [0.29, 0.717) is 0 Å². The molecular formula is C29H26N2OS. The summed E-state index contributed by atoms with van der Waals surface area (Å²) in [5, 5.41) is 0. The average molecular weight is 451 g/mol. The first-order valence-electron chi connectivity index (χ1n) is 11.6. The van der Waals surface area contributed by atoms with Crippen LogP contribution in [0.1, 0.15) is 19.3 Å². The molecule has 0 amide bonds. The molecule has 0 saturated carbocycles. The normalized spacial score (nSPS) is 19.8. The van der Waals surface area contributed by atoms with E-state index >= 15 is 0 Å². The van der Waals surface area contributed by atoms with E-state index in [4.69, 9.17) is 4.99 Å². The minimum atomic E-state index is -1.88. The molecule has 3 aromatic carbocycles. The summed E-state index contributed by atoms with van der Waals surface area (Å²) in [5.74, 6) is 0.0309. The van der Waals surface area contributed by atoms with Crippen LogP contribution in [0.3, 0.4) is 0 Å². The Kier molecular flexibility index (Phi) is 5.03. The van der Waals surface area contributed by atoms with E-state index < -0.39 is 10.0 Å². The molecule has 1 saturated heterocycles. The molecule has 0 N–H and O–H groups in total. The zero-order valence-electron chi connectivity index (χ0n) is 18.5. The summed E-state index contributed by atoms with van der Waals surface area (Å²) in [6, 6.07) is 28.2. The Bertz CT molecular complexity index is 1260. The van der Waals surface area contributed by atoms with Crippen molar-refractivity contribution < 1.29 is 4.79 Å². The van der Waals surface area contributed by atoms with Gasteiger partial charge in [0.15, 0.2) is 5.78 Å².